The highest BCUT2D eigenvalue weighted by atomic mass is 79.9. The maximum absolute atomic E-state index is 11.3. The van der Waals surface area contributed by atoms with E-state index in [0.29, 0.717) is 0 Å². The molecule has 0 saturated carbocycles. The van der Waals surface area contributed by atoms with E-state index in [0.717, 1.165) is 0 Å². The zero-order valence-electron chi connectivity index (χ0n) is 3.47. The summed E-state index contributed by atoms with van der Waals surface area (Å²) in [5, 5.41) is 0. The van der Waals surface area contributed by atoms with Gasteiger partial charge in [-0.3, -0.25) is 0 Å². The molecule has 0 aliphatic carbocycles. The summed E-state index contributed by atoms with van der Waals surface area (Å²) in [7, 11) is 3.68. The van der Waals surface area contributed by atoms with E-state index in [9.17, 15) is 17.6 Å². The van der Waals surface area contributed by atoms with Gasteiger partial charge in [-0.15, -0.1) is 0 Å². The van der Waals surface area contributed by atoms with Crippen molar-refractivity contribution < 1.29 is 17.6 Å². The van der Waals surface area contributed by atoms with Crippen molar-refractivity contribution in [1.82, 2.24) is 0 Å². The van der Waals surface area contributed by atoms with Crippen molar-refractivity contribution in [2.24, 2.45) is 0 Å². The maximum atomic E-state index is 11.3. The van der Waals surface area contributed by atoms with E-state index in [1.807, 2.05) is 0 Å². The molecule has 0 nitrogen and oxygen atoms in total. The molecule has 0 aromatic rings. The van der Waals surface area contributed by atoms with E-state index in [1.165, 1.54) is 15.9 Å². The Morgan fingerprint density at radius 2 is 1.25 bits per heavy atom. The van der Waals surface area contributed by atoms with E-state index < -0.39 is 10.7 Å². The summed E-state index contributed by atoms with van der Waals surface area (Å²) in [6.07, 6.45) is 0. The van der Waals surface area contributed by atoms with E-state index in [2.05, 4.69) is 7.85 Å². The Hall–Kier alpha value is 0.265. The number of hydrogen-bond donors (Lipinski definition) is 0. The van der Waals surface area contributed by atoms with Gasteiger partial charge in [0.15, 0.2) is 7.85 Å². The smallest absolute Gasteiger partial charge is 0.212 e. The normalized spacial score (nSPS) is 14.1. The third kappa shape index (κ3) is 2.02. The van der Waals surface area contributed by atoms with Crippen molar-refractivity contribution in [2.75, 3.05) is 0 Å². The third-order valence-electron chi connectivity index (χ3n) is 0.378. The van der Waals surface area contributed by atoms with Crippen molar-refractivity contribution in [1.29, 1.82) is 0 Å². The Morgan fingerprint density at radius 3 is 1.25 bits per heavy atom. The van der Waals surface area contributed by atoms with E-state index in [-0.39, 0.29) is 0 Å². The van der Waals surface area contributed by atoms with Crippen LogP contribution in [0.4, 0.5) is 17.6 Å². The second-order valence-corrected chi connectivity index (χ2v) is 2.12. The Bertz CT molecular complexity index is 69.0. The van der Waals surface area contributed by atoms with Crippen molar-refractivity contribution >= 4 is 23.8 Å². The Morgan fingerprint density at radius 1 is 1.12 bits per heavy atom. The SMILES string of the molecule is [B]C(F)(F)C(F)(F)Br. The van der Waals surface area contributed by atoms with Gasteiger partial charge in [0, 0.05) is 0 Å². The van der Waals surface area contributed by atoms with Gasteiger partial charge in [0.1, 0.15) is 0 Å². The van der Waals surface area contributed by atoms with Gasteiger partial charge in [0.05, 0.1) is 0 Å². The molecule has 0 bridgehead atoms. The molecule has 8 heavy (non-hydrogen) atoms. The molecule has 0 aliphatic rings. The largest absolute Gasteiger partial charge is 0.353 e. The topological polar surface area (TPSA) is 0 Å². The highest BCUT2D eigenvalue weighted by Crippen LogP contribution is 2.36. The van der Waals surface area contributed by atoms with Crippen LogP contribution in [-0.4, -0.2) is 18.5 Å². The van der Waals surface area contributed by atoms with Crippen LogP contribution in [0.1, 0.15) is 0 Å². The van der Waals surface area contributed by atoms with Crippen LogP contribution in [0.3, 0.4) is 0 Å². The van der Waals surface area contributed by atoms with Crippen molar-refractivity contribution in [2.45, 2.75) is 10.7 Å². The fourth-order valence-corrected chi connectivity index (χ4v) is 0. The Labute approximate surface area is 52.8 Å². The van der Waals surface area contributed by atoms with Crippen LogP contribution < -0.4 is 0 Å². The van der Waals surface area contributed by atoms with Gasteiger partial charge >= 0.3 is 4.83 Å². The molecule has 0 atom stereocenters. The fraction of sp³-hybridized carbons (Fsp3) is 1.00. The molecule has 0 aromatic heterocycles. The van der Waals surface area contributed by atoms with E-state index >= 15 is 0 Å². The summed E-state index contributed by atoms with van der Waals surface area (Å²) in [6.45, 7) is 0. The molecule has 0 N–H and O–H groups in total. The van der Waals surface area contributed by atoms with E-state index in [4.69, 9.17) is 0 Å². The molecule has 0 unspecified atom stereocenters. The minimum absolute atomic E-state index is 1.39. The summed E-state index contributed by atoms with van der Waals surface area (Å²) in [4.78, 5) is -4.31. The number of halogens is 5. The highest BCUT2D eigenvalue weighted by molar-refractivity contribution is 9.10. The van der Waals surface area contributed by atoms with Crippen LogP contribution >= 0.6 is 15.9 Å². The lowest BCUT2D eigenvalue weighted by molar-refractivity contribution is -0.0849. The van der Waals surface area contributed by atoms with Crippen LogP contribution in [0.2, 0.25) is 0 Å². The summed E-state index contributed by atoms with van der Waals surface area (Å²) in [6, 6.07) is 0. The monoisotopic (exact) mass is 190 g/mol. The predicted molar refractivity (Wildman–Crippen MR) is 24.6 cm³/mol. The van der Waals surface area contributed by atoms with Gasteiger partial charge in [-0.1, -0.05) is 0 Å². The van der Waals surface area contributed by atoms with Crippen molar-refractivity contribution in [3.63, 3.8) is 0 Å². The predicted octanol–water partition coefficient (Wildman–Crippen LogP) is 1.74. The fourth-order valence-electron chi connectivity index (χ4n) is 0. The third-order valence-corrected chi connectivity index (χ3v) is 0.907. The quantitative estimate of drug-likeness (QED) is 0.336. The van der Waals surface area contributed by atoms with Crippen molar-refractivity contribution in [3.05, 3.63) is 0 Å². The molecule has 0 spiro atoms. The first-order valence-corrected chi connectivity index (χ1v) is 2.28. The molecule has 0 aromatic carbocycles. The Balaban J connectivity index is 4.02. The molecule has 2 radical (unpaired) electrons. The van der Waals surface area contributed by atoms with Gasteiger partial charge in [-0.2, -0.15) is 8.78 Å². The highest BCUT2D eigenvalue weighted by Gasteiger charge is 2.48. The first kappa shape index (κ1) is 8.26. The average Bonchev–Trinajstić information content (AvgIpc) is 1.25. The zero-order chi connectivity index (χ0) is 7.00. The lowest BCUT2D eigenvalue weighted by Gasteiger charge is -2.16. The zero-order valence-corrected chi connectivity index (χ0v) is 5.05. The minimum Gasteiger partial charge on any atom is -0.212 e. The number of hydrogen-bond acceptors (Lipinski definition) is 0. The average molecular weight is 191 g/mol. The molecule has 0 heterocycles. The second-order valence-electron chi connectivity index (χ2n) is 1.12. The number of rotatable bonds is 1. The molecule has 6 heteroatoms. The molecule has 0 amide bonds. The van der Waals surface area contributed by atoms with Crippen LogP contribution in [-0.2, 0) is 0 Å². The molecule has 0 aliphatic heterocycles. The molecule has 0 fully saturated rings. The van der Waals surface area contributed by atoms with Crippen LogP contribution in [0, 0.1) is 0 Å². The van der Waals surface area contributed by atoms with Gasteiger partial charge in [-0.05, 0) is 15.9 Å². The lowest BCUT2D eigenvalue weighted by Crippen LogP contribution is -2.34. The molecular weight excluding hydrogens is 191 g/mol. The van der Waals surface area contributed by atoms with Crippen LogP contribution in [0.25, 0.3) is 0 Å². The second kappa shape index (κ2) is 1.90. The summed E-state index contributed by atoms with van der Waals surface area (Å²) in [5.41, 5.74) is 0. The molecule has 0 rings (SSSR count). The minimum atomic E-state index is -4.48. The first-order valence-electron chi connectivity index (χ1n) is 1.48. The van der Waals surface area contributed by atoms with E-state index in [1.54, 1.807) is 0 Å². The maximum Gasteiger partial charge on any atom is 0.353 e. The first-order chi connectivity index (χ1) is 3.25. The molecular formula is C2BBrF4. The van der Waals surface area contributed by atoms with Crippen LogP contribution in [0.5, 0.6) is 0 Å². The van der Waals surface area contributed by atoms with Crippen LogP contribution in [0.15, 0.2) is 0 Å². The van der Waals surface area contributed by atoms with Crippen molar-refractivity contribution in [3.8, 4) is 0 Å². The Kier molecular flexibility index (Phi) is 1.96. The van der Waals surface area contributed by atoms with Gasteiger partial charge in [0.25, 0.3) is 5.82 Å². The molecule has 46 valence electrons. The lowest BCUT2D eigenvalue weighted by atomic mass is 10.00. The van der Waals surface area contributed by atoms with Gasteiger partial charge in [0.2, 0.25) is 0 Å². The summed E-state index contributed by atoms with van der Waals surface area (Å²) < 4.78 is 45.0. The van der Waals surface area contributed by atoms with Gasteiger partial charge in [-0.25, -0.2) is 8.78 Å². The standard InChI is InChI=1S/C2BBrF4/c3-1(5,6)2(4,7)8. The summed E-state index contributed by atoms with van der Waals surface area (Å²) >= 11 is 1.39. The summed E-state index contributed by atoms with van der Waals surface area (Å²) in [5.74, 6) is -4.48. The molecule has 0 saturated heterocycles. The number of alkyl halides is 5. The van der Waals surface area contributed by atoms with Gasteiger partial charge < -0.3 is 0 Å².